The lowest BCUT2D eigenvalue weighted by Crippen LogP contribution is -2.53. The van der Waals surface area contributed by atoms with Crippen LogP contribution >= 0.6 is 0 Å². The molecule has 1 amide bonds. The fourth-order valence-corrected chi connectivity index (χ4v) is 3.50. The van der Waals surface area contributed by atoms with Crippen LogP contribution in [0.2, 0.25) is 0 Å². The first-order valence-corrected chi connectivity index (χ1v) is 9.19. The summed E-state index contributed by atoms with van der Waals surface area (Å²) < 4.78 is 5.96. The van der Waals surface area contributed by atoms with Crippen molar-refractivity contribution in [3.8, 4) is 5.75 Å². The molecule has 0 spiro atoms. The standard InChI is InChI=1S/C21H26N2O3/c1-23(20(24)13-12-16-7-6-14-22-15-16)18-10-5-11-19(21(18)25)26-17-8-3-2-4-9-17/h2-4,6-9,14-15,18-19,21,25H,5,10-13H2,1H3/t18-,19-,21-/m1/s1. The van der Waals surface area contributed by atoms with Gasteiger partial charge in [0.15, 0.2) is 0 Å². The number of aliphatic hydroxyl groups is 1. The molecular weight excluding hydrogens is 328 g/mol. The van der Waals surface area contributed by atoms with Gasteiger partial charge in [-0.1, -0.05) is 24.3 Å². The molecule has 1 fully saturated rings. The topological polar surface area (TPSA) is 62.7 Å². The molecule has 0 aliphatic heterocycles. The first kappa shape index (κ1) is 18.4. The van der Waals surface area contributed by atoms with Gasteiger partial charge in [-0.15, -0.1) is 0 Å². The monoisotopic (exact) mass is 354 g/mol. The van der Waals surface area contributed by atoms with Crippen molar-refractivity contribution in [2.45, 2.75) is 50.4 Å². The van der Waals surface area contributed by atoms with E-state index in [0.717, 1.165) is 30.6 Å². The van der Waals surface area contributed by atoms with Crippen LogP contribution in [0.25, 0.3) is 0 Å². The second kappa shape index (κ2) is 8.81. The Morgan fingerprint density at radius 1 is 1.23 bits per heavy atom. The smallest absolute Gasteiger partial charge is 0.222 e. The second-order valence-corrected chi connectivity index (χ2v) is 6.82. The first-order valence-electron chi connectivity index (χ1n) is 9.19. The number of carbonyl (C=O) groups is 1. The highest BCUT2D eigenvalue weighted by Gasteiger charge is 2.37. The number of likely N-dealkylation sites (N-methyl/N-ethyl adjacent to an activating group) is 1. The second-order valence-electron chi connectivity index (χ2n) is 6.82. The van der Waals surface area contributed by atoms with E-state index in [2.05, 4.69) is 4.98 Å². The minimum absolute atomic E-state index is 0.0401. The van der Waals surface area contributed by atoms with Crippen molar-refractivity contribution < 1.29 is 14.6 Å². The Morgan fingerprint density at radius 3 is 2.77 bits per heavy atom. The molecule has 0 bridgehead atoms. The number of hydrogen-bond acceptors (Lipinski definition) is 4. The van der Waals surface area contributed by atoms with E-state index in [9.17, 15) is 9.90 Å². The summed E-state index contributed by atoms with van der Waals surface area (Å²) in [6.07, 6.45) is 6.13. The van der Waals surface area contributed by atoms with Crippen molar-refractivity contribution in [2.24, 2.45) is 0 Å². The normalized spacial score (nSPS) is 22.6. The Labute approximate surface area is 154 Å². The molecule has 1 saturated carbocycles. The zero-order chi connectivity index (χ0) is 18.4. The van der Waals surface area contributed by atoms with E-state index >= 15 is 0 Å². The minimum atomic E-state index is -0.684. The van der Waals surface area contributed by atoms with Crippen molar-refractivity contribution in [3.63, 3.8) is 0 Å². The summed E-state index contributed by atoms with van der Waals surface area (Å²) in [4.78, 5) is 18.4. The van der Waals surface area contributed by atoms with Crippen LogP contribution in [0, 0.1) is 0 Å². The predicted octanol–water partition coefficient (Wildman–Crippen LogP) is 2.83. The number of aliphatic hydroxyl groups excluding tert-OH is 1. The van der Waals surface area contributed by atoms with Crippen molar-refractivity contribution in [2.75, 3.05) is 7.05 Å². The van der Waals surface area contributed by atoms with Crippen molar-refractivity contribution >= 4 is 5.91 Å². The third kappa shape index (κ3) is 4.61. The van der Waals surface area contributed by atoms with Gasteiger partial charge in [-0.25, -0.2) is 0 Å². The molecule has 0 saturated heterocycles. The van der Waals surface area contributed by atoms with E-state index in [0.29, 0.717) is 12.8 Å². The Morgan fingerprint density at radius 2 is 2.04 bits per heavy atom. The highest BCUT2D eigenvalue weighted by atomic mass is 16.5. The number of rotatable bonds is 6. The van der Waals surface area contributed by atoms with Crippen LogP contribution in [0.15, 0.2) is 54.9 Å². The third-order valence-corrected chi connectivity index (χ3v) is 5.04. The lowest BCUT2D eigenvalue weighted by molar-refractivity contribution is -0.138. The number of hydrogen-bond donors (Lipinski definition) is 1. The molecule has 26 heavy (non-hydrogen) atoms. The molecule has 3 atom stereocenters. The number of para-hydroxylation sites is 1. The molecule has 1 aromatic carbocycles. The lowest BCUT2D eigenvalue weighted by Gasteiger charge is -2.39. The van der Waals surface area contributed by atoms with Crippen LogP contribution in [-0.4, -0.2) is 46.2 Å². The lowest BCUT2D eigenvalue weighted by atomic mass is 9.88. The SMILES string of the molecule is CN(C(=O)CCc1cccnc1)[C@@H]1CCC[C@@H](Oc2ccccc2)[C@@H]1O. The number of benzene rings is 1. The van der Waals surface area contributed by atoms with Crippen molar-refractivity contribution in [1.29, 1.82) is 0 Å². The maximum absolute atomic E-state index is 12.6. The molecule has 1 aromatic heterocycles. The number of nitrogens with zero attached hydrogens (tertiary/aromatic N) is 2. The molecule has 2 aromatic rings. The van der Waals surface area contributed by atoms with Gasteiger partial charge in [0.1, 0.15) is 18.0 Å². The van der Waals surface area contributed by atoms with Crippen LogP contribution in [-0.2, 0) is 11.2 Å². The van der Waals surface area contributed by atoms with Crippen molar-refractivity contribution in [3.05, 3.63) is 60.4 Å². The van der Waals surface area contributed by atoms with Gasteiger partial charge in [-0.05, 0) is 49.4 Å². The van der Waals surface area contributed by atoms with Crippen LogP contribution < -0.4 is 4.74 Å². The third-order valence-electron chi connectivity index (χ3n) is 5.04. The zero-order valence-corrected chi connectivity index (χ0v) is 15.1. The average molecular weight is 354 g/mol. The Balaban J connectivity index is 1.57. The molecule has 5 nitrogen and oxygen atoms in total. The van der Waals surface area contributed by atoms with Gasteiger partial charge in [0.05, 0.1) is 6.04 Å². The quantitative estimate of drug-likeness (QED) is 0.866. The summed E-state index contributed by atoms with van der Waals surface area (Å²) in [6.45, 7) is 0. The maximum atomic E-state index is 12.6. The number of ether oxygens (including phenoxy) is 1. The van der Waals surface area contributed by atoms with Gasteiger partial charge in [-0.3, -0.25) is 9.78 Å². The molecule has 1 heterocycles. The van der Waals surface area contributed by atoms with E-state index in [1.54, 1.807) is 24.3 Å². The number of pyridine rings is 1. The number of aryl methyl sites for hydroxylation is 1. The van der Waals surface area contributed by atoms with E-state index in [4.69, 9.17) is 4.74 Å². The minimum Gasteiger partial charge on any atom is -0.488 e. The van der Waals surface area contributed by atoms with Crippen LogP contribution in [0.3, 0.4) is 0 Å². The van der Waals surface area contributed by atoms with Gasteiger partial charge in [0, 0.05) is 25.9 Å². The summed E-state index contributed by atoms with van der Waals surface area (Å²) in [6, 6.07) is 13.2. The van der Waals surface area contributed by atoms with Crippen LogP contribution in [0.5, 0.6) is 5.75 Å². The van der Waals surface area contributed by atoms with Gasteiger partial charge >= 0.3 is 0 Å². The number of amides is 1. The van der Waals surface area contributed by atoms with Gasteiger partial charge < -0.3 is 14.7 Å². The van der Waals surface area contributed by atoms with E-state index in [-0.39, 0.29) is 18.1 Å². The summed E-state index contributed by atoms with van der Waals surface area (Å²) >= 11 is 0. The molecule has 3 rings (SSSR count). The Bertz CT molecular complexity index is 693. The molecular formula is C21H26N2O3. The van der Waals surface area contributed by atoms with Crippen LogP contribution in [0.1, 0.15) is 31.2 Å². The molecule has 0 unspecified atom stereocenters. The molecule has 1 N–H and O–H groups in total. The van der Waals surface area contributed by atoms with E-state index in [1.807, 2.05) is 42.5 Å². The van der Waals surface area contributed by atoms with Gasteiger partial charge in [-0.2, -0.15) is 0 Å². The number of carbonyl (C=O) groups excluding carboxylic acids is 1. The average Bonchev–Trinajstić information content (AvgIpc) is 2.69. The molecule has 5 heteroatoms. The molecule has 138 valence electrons. The van der Waals surface area contributed by atoms with Gasteiger partial charge in [0.25, 0.3) is 0 Å². The first-order chi connectivity index (χ1) is 12.6. The fraction of sp³-hybridized carbons (Fsp3) is 0.429. The van der Waals surface area contributed by atoms with E-state index < -0.39 is 6.10 Å². The highest BCUT2D eigenvalue weighted by molar-refractivity contribution is 5.76. The fourth-order valence-electron chi connectivity index (χ4n) is 3.50. The largest absolute Gasteiger partial charge is 0.488 e. The number of aromatic nitrogens is 1. The van der Waals surface area contributed by atoms with Crippen LogP contribution in [0.4, 0.5) is 0 Å². The zero-order valence-electron chi connectivity index (χ0n) is 15.1. The predicted molar refractivity (Wildman–Crippen MR) is 99.8 cm³/mol. The summed E-state index contributed by atoms with van der Waals surface area (Å²) in [5, 5.41) is 10.8. The summed E-state index contributed by atoms with van der Waals surface area (Å²) in [5.74, 6) is 0.793. The van der Waals surface area contributed by atoms with Gasteiger partial charge in [0.2, 0.25) is 5.91 Å². The highest BCUT2D eigenvalue weighted by Crippen LogP contribution is 2.27. The maximum Gasteiger partial charge on any atom is 0.222 e. The Hall–Kier alpha value is -2.40. The van der Waals surface area contributed by atoms with Crippen molar-refractivity contribution in [1.82, 2.24) is 9.88 Å². The molecule has 1 aliphatic carbocycles. The summed E-state index contributed by atoms with van der Waals surface area (Å²) in [5.41, 5.74) is 1.05. The molecule has 0 radical (unpaired) electrons. The Kier molecular flexibility index (Phi) is 6.23. The summed E-state index contributed by atoms with van der Waals surface area (Å²) in [7, 11) is 1.78. The van der Waals surface area contributed by atoms with E-state index in [1.165, 1.54) is 0 Å². The molecule has 1 aliphatic rings.